The molecule has 1 aromatic carbocycles. The summed E-state index contributed by atoms with van der Waals surface area (Å²) in [5, 5.41) is 5.27. The lowest BCUT2D eigenvalue weighted by molar-refractivity contribution is -0.126. The summed E-state index contributed by atoms with van der Waals surface area (Å²) in [5.74, 6) is -0.207. The van der Waals surface area contributed by atoms with Crippen molar-refractivity contribution in [2.75, 3.05) is 0 Å². The minimum absolute atomic E-state index is 0.0221. The molecule has 0 aliphatic rings. The van der Waals surface area contributed by atoms with Crippen LogP contribution in [0.1, 0.15) is 39.7 Å². The zero-order valence-electron chi connectivity index (χ0n) is 15.3. The maximum Gasteiger partial charge on any atom is 0.408 e. The molecule has 2 N–H and O–H groups in total. The molecule has 25 heavy (non-hydrogen) atoms. The van der Waals surface area contributed by atoms with E-state index < -0.39 is 18.2 Å². The predicted molar refractivity (Wildman–Crippen MR) is 95.8 cm³/mol. The molecule has 0 unspecified atom stereocenters. The topological polar surface area (TPSA) is 84.5 Å². The van der Waals surface area contributed by atoms with Crippen molar-refractivity contribution in [1.82, 2.24) is 10.6 Å². The number of hydrogen-bond donors (Lipinski definition) is 2. The fraction of sp³-hybridized carbons (Fsp3) is 0.526. The average Bonchev–Trinajstić information content (AvgIpc) is 2.57. The van der Waals surface area contributed by atoms with Crippen LogP contribution in [0.4, 0.5) is 4.79 Å². The van der Waals surface area contributed by atoms with Crippen molar-refractivity contribution in [3.05, 3.63) is 35.9 Å². The molecule has 138 valence electrons. The zero-order valence-corrected chi connectivity index (χ0v) is 15.3. The number of ether oxygens (including phenoxy) is 1. The summed E-state index contributed by atoms with van der Waals surface area (Å²) < 4.78 is 5.17. The number of alkyl carbamates (subject to hydrolysis) is 1. The second-order valence-corrected chi connectivity index (χ2v) is 6.80. The normalized spacial score (nSPS) is 13.2. The van der Waals surface area contributed by atoms with E-state index in [1.165, 1.54) is 0 Å². The minimum atomic E-state index is -0.746. The van der Waals surface area contributed by atoms with Gasteiger partial charge in [-0.05, 0) is 23.8 Å². The van der Waals surface area contributed by atoms with Crippen molar-refractivity contribution in [3.63, 3.8) is 0 Å². The van der Waals surface area contributed by atoms with Gasteiger partial charge in [0.05, 0.1) is 6.04 Å². The molecule has 0 saturated carbocycles. The van der Waals surface area contributed by atoms with Gasteiger partial charge in [-0.1, -0.05) is 58.0 Å². The number of hydrogen-bond acceptors (Lipinski definition) is 4. The lowest BCUT2D eigenvalue weighted by Gasteiger charge is -2.23. The highest BCUT2D eigenvalue weighted by Gasteiger charge is 2.25. The van der Waals surface area contributed by atoms with Gasteiger partial charge in [-0.25, -0.2) is 4.79 Å². The molecule has 0 radical (unpaired) electrons. The third kappa shape index (κ3) is 7.83. The van der Waals surface area contributed by atoms with Crippen molar-refractivity contribution in [1.29, 1.82) is 0 Å². The van der Waals surface area contributed by atoms with E-state index in [1.807, 2.05) is 58.0 Å². The Hall–Kier alpha value is -2.37. The van der Waals surface area contributed by atoms with Crippen molar-refractivity contribution in [3.8, 4) is 0 Å². The lowest BCUT2D eigenvalue weighted by Crippen LogP contribution is -2.51. The van der Waals surface area contributed by atoms with Crippen LogP contribution in [-0.2, 0) is 20.9 Å². The summed E-state index contributed by atoms with van der Waals surface area (Å²) in [4.78, 5) is 35.5. The molecule has 0 bridgehead atoms. The fourth-order valence-electron chi connectivity index (χ4n) is 2.23. The van der Waals surface area contributed by atoms with Crippen LogP contribution in [0.25, 0.3) is 0 Å². The summed E-state index contributed by atoms with van der Waals surface area (Å²) in [5.41, 5.74) is 0.864. The Bertz CT molecular complexity index is 558. The SMILES string of the molecule is CC(C)C[C@H](NC(=O)OCc1ccccc1)C(=O)N[C@H](C=O)C(C)C. The van der Waals surface area contributed by atoms with E-state index in [-0.39, 0.29) is 24.3 Å². The van der Waals surface area contributed by atoms with E-state index in [9.17, 15) is 14.4 Å². The Morgan fingerprint density at radius 2 is 1.72 bits per heavy atom. The van der Waals surface area contributed by atoms with E-state index in [0.29, 0.717) is 12.7 Å². The third-order valence-electron chi connectivity index (χ3n) is 3.70. The Morgan fingerprint density at radius 1 is 1.08 bits per heavy atom. The first-order valence-corrected chi connectivity index (χ1v) is 8.56. The highest BCUT2D eigenvalue weighted by Crippen LogP contribution is 2.08. The second-order valence-electron chi connectivity index (χ2n) is 6.80. The first-order chi connectivity index (χ1) is 11.8. The summed E-state index contributed by atoms with van der Waals surface area (Å²) in [6, 6.07) is 7.97. The molecular formula is C19H28N2O4. The van der Waals surface area contributed by atoms with Crippen LogP contribution in [0.15, 0.2) is 30.3 Å². The van der Waals surface area contributed by atoms with E-state index in [1.54, 1.807) is 0 Å². The summed E-state index contributed by atoms with van der Waals surface area (Å²) >= 11 is 0. The molecule has 0 saturated heterocycles. The van der Waals surface area contributed by atoms with Crippen LogP contribution < -0.4 is 10.6 Å². The van der Waals surface area contributed by atoms with E-state index >= 15 is 0 Å². The van der Waals surface area contributed by atoms with Crippen molar-refractivity contribution in [2.24, 2.45) is 11.8 Å². The third-order valence-corrected chi connectivity index (χ3v) is 3.70. The standard InChI is InChI=1S/C19H28N2O4/c1-13(2)10-16(18(23)20-17(11-22)14(3)4)21-19(24)25-12-15-8-6-5-7-9-15/h5-9,11,13-14,16-17H,10,12H2,1-4H3,(H,20,23)(H,21,24)/t16-,17+/m0/s1. The van der Waals surface area contributed by atoms with Crippen LogP contribution in [0.5, 0.6) is 0 Å². The lowest BCUT2D eigenvalue weighted by atomic mass is 10.0. The van der Waals surface area contributed by atoms with Gasteiger partial charge >= 0.3 is 6.09 Å². The molecule has 2 atom stereocenters. The number of carbonyl (C=O) groups is 3. The monoisotopic (exact) mass is 348 g/mol. The van der Waals surface area contributed by atoms with Gasteiger partial charge in [-0.15, -0.1) is 0 Å². The molecule has 0 heterocycles. The Labute approximate surface area is 149 Å². The van der Waals surface area contributed by atoms with Crippen LogP contribution in [0, 0.1) is 11.8 Å². The molecule has 0 spiro atoms. The van der Waals surface area contributed by atoms with Gasteiger partial charge in [0.25, 0.3) is 0 Å². The van der Waals surface area contributed by atoms with E-state index in [2.05, 4.69) is 10.6 Å². The summed E-state index contributed by atoms with van der Waals surface area (Å²) in [6.07, 6.45) is 0.510. The summed E-state index contributed by atoms with van der Waals surface area (Å²) in [7, 11) is 0. The van der Waals surface area contributed by atoms with Gasteiger partial charge in [0, 0.05) is 0 Å². The van der Waals surface area contributed by atoms with Crippen molar-refractivity contribution < 1.29 is 19.1 Å². The van der Waals surface area contributed by atoms with E-state index in [0.717, 1.165) is 5.56 Å². The number of carbonyl (C=O) groups excluding carboxylic acids is 3. The van der Waals surface area contributed by atoms with Crippen LogP contribution in [-0.4, -0.2) is 30.4 Å². The van der Waals surface area contributed by atoms with Gasteiger partial charge in [-0.3, -0.25) is 4.79 Å². The Morgan fingerprint density at radius 3 is 2.24 bits per heavy atom. The van der Waals surface area contributed by atoms with Gasteiger partial charge < -0.3 is 20.2 Å². The van der Waals surface area contributed by atoms with Gasteiger partial charge in [0.2, 0.25) is 5.91 Å². The molecular weight excluding hydrogens is 320 g/mol. The van der Waals surface area contributed by atoms with E-state index in [4.69, 9.17) is 4.74 Å². The smallest absolute Gasteiger partial charge is 0.408 e. The molecule has 2 amide bonds. The molecule has 0 aromatic heterocycles. The van der Waals surface area contributed by atoms with Crippen LogP contribution >= 0.6 is 0 Å². The molecule has 0 aliphatic heterocycles. The van der Waals surface area contributed by atoms with Crippen molar-refractivity contribution in [2.45, 2.75) is 52.8 Å². The molecule has 1 rings (SSSR count). The number of amides is 2. The minimum Gasteiger partial charge on any atom is -0.445 e. The number of aldehydes is 1. The van der Waals surface area contributed by atoms with Gasteiger partial charge in [0.15, 0.2) is 0 Å². The second kappa shape index (κ2) is 10.5. The molecule has 6 heteroatoms. The average molecular weight is 348 g/mol. The molecule has 1 aromatic rings. The summed E-state index contributed by atoms with van der Waals surface area (Å²) in [6.45, 7) is 7.73. The number of nitrogens with one attached hydrogen (secondary N) is 2. The quantitative estimate of drug-likeness (QED) is 0.672. The largest absolute Gasteiger partial charge is 0.445 e. The number of rotatable bonds is 9. The van der Waals surface area contributed by atoms with Gasteiger partial charge in [-0.2, -0.15) is 0 Å². The Balaban J connectivity index is 2.63. The highest BCUT2D eigenvalue weighted by molar-refractivity contribution is 5.87. The molecule has 6 nitrogen and oxygen atoms in total. The number of benzene rings is 1. The first-order valence-electron chi connectivity index (χ1n) is 8.56. The highest BCUT2D eigenvalue weighted by atomic mass is 16.5. The van der Waals surface area contributed by atoms with Crippen LogP contribution in [0.3, 0.4) is 0 Å². The van der Waals surface area contributed by atoms with Crippen LogP contribution in [0.2, 0.25) is 0 Å². The fourth-order valence-corrected chi connectivity index (χ4v) is 2.23. The maximum absolute atomic E-state index is 12.4. The molecule has 0 aliphatic carbocycles. The predicted octanol–water partition coefficient (Wildman–Crippen LogP) is 2.67. The molecule has 0 fully saturated rings. The maximum atomic E-state index is 12.4. The van der Waals surface area contributed by atoms with Crippen molar-refractivity contribution >= 4 is 18.3 Å². The first kappa shape index (κ1) is 20.7. The zero-order chi connectivity index (χ0) is 18.8. The van der Waals surface area contributed by atoms with Gasteiger partial charge in [0.1, 0.15) is 18.9 Å². The Kier molecular flexibility index (Phi) is 8.67.